The molecule has 152 valence electrons. The van der Waals surface area contributed by atoms with Crippen LogP contribution in [-0.4, -0.2) is 37.1 Å². The first-order chi connectivity index (χ1) is 14.1. The molecule has 0 aromatic heterocycles. The van der Waals surface area contributed by atoms with Crippen molar-refractivity contribution in [2.75, 3.05) is 31.6 Å². The Kier molecular flexibility index (Phi) is 5.62. The van der Waals surface area contributed by atoms with Crippen LogP contribution in [-0.2, 0) is 4.79 Å². The maximum atomic E-state index is 12.5. The van der Waals surface area contributed by atoms with Gasteiger partial charge in [0.05, 0.1) is 24.7 Å². The number of anilines is 1. The topological polar surface area (TPSA) is 95.1 Å². The first-order valence-electron chi connectivity index (χ1n) is 9.88. The number of nitro benzene ring substituents is 1. The lowest BCUT2D eigenvalue weighted by molar-refractivity contribution is -0.910. The minimum absolute atomic E-state index is 0.00244. The van der Waals surface area contributed by atoms with Gasteiger partial charge in [0.2, 0.25) is 0 Å². The van der Waals surface area contributed by atoms with Crippen molar-refractivity contribution in [2.24, 2.45) is 0 Å². The first kappa shape index (κ1) is 19.2. The minimum Gasteiger partial charge on any atom is -0.490 e. The lowest BCUT2D eigenvalue weighted by atomic mass is 10.0. The van der Waals surface area contributed by atoms with Gasteiger partial charge < -0.3 is 19.7 Å². The summed E-state index contributed by atoms with van der Waals surface area (Å²) in [4.78, 5) is 24.0. The zero-order valence-corrected chi connectivity index (χ0v) is 16.1. The molecular weight excluding hydrogens is 374 g/mol. The smallest absolute Gasteiger partial charge is 0.279 e. The van der Waals surface area contributed by atoms with Crippen LogP contribution in [0.3, 0.4) is 0 Å². The number of amides is 1. The number of nitrogens with zero attached hydrogens (tertiary/aromatic N) is 1. The van der Waals surface area contributed by atoms with Gasteiger partial charge in [-0.25, -0.2) is 0 Å². The molecule has 8 nitrogen and oxygen atoms in total. The van der Waals surface area contributed by atoms with Gasteiger partial charge in [-0.1, -0.05) is 0 Å². The molecule has 2 heterocycles. The van der Waals surface area contributed by atoms with Gasteiger partial charge in [0.1, 0.15) is 6.04 Å². The highest BCUT2D eigenvalue weighted by Gasteiger charge is 2.32. The Morgan fingerprint density at radius 1 is 1.10 bits per heavy atom. The number of hydrogen-bond donors (Lipinski definition) is 2. The Morgan fingerprint density at radius 2 is 1.86 bits per heavy atom. The minimum atomic E-state index is -0.458. The Morgan fingerprint density at radius 3 is 2.62 bits per heavy atom. The van der Waals surface area contributed by atoms with Gasteiger partial charge in [-0.3, -0.25) is 14.9 Å². The van der Waals surface area contributed by atoms with E-state index in [1.807, 2.05) is 12.1 Å². The average molecular weight is 398 g/mol. The van der Waals surface area contributed by atoms with Crippen molar-refractivity contribution in [1.82, 2.24) is 0 Å². The number of likely N-dealkylation sites (tertiary alicyclic amines) is 1. The second-order valence-electron chi connectivity index (χ2n) is 7.39. The molecule has 2 N–H and O–H groups in total. The molecule has 1 saturated heterocycles. The first-order valence-corrected chi connectivity index (χ1v) is 9.88. The fourth-order valence-corrected chi connectivity index (χ4v) is 4.00. The van der Waals surface area contributed by atoms with Crippen molar-refractivity contribution in [3.8, 4) is 11.5 Å². The summed E-state index contributed by atoms with van der Waals surface area (Å²) in [5.74, 6) is 1.46. The second-order valence-corrected chi connectivity index (χ2v) is 7.39. The lowest BCUT2D eigenvalue weighted by Gasteiger charge is -2.22. The van der Waals surface area contributed by atoms with Crippen LogP contribution in [0.4, 0.5) is 11.4 Å². The molecule has 29 heavy (non-hydrogen) atoms. The van der Waals surface area contributed by atoms with Crippen LogP contribution in [0.1, 0.15) is 30.9 Å². The van der Waals surface area contributed by atoms with E-state index in [0.717, 1.165) is 42.9 Å². The van der Waals surface area contributed by atoms with E-state index in [0.29, 0.717) is 25.4 Å². The Labute approximate surface area is 168 Å². The largest absolute Gasteiger partial charge is 0.490 e. The van der Waals surface area contributed by atoms with Crippen LogP contribution in [0.15, 0.2) is 42.5 Å². The molecule has 0 radical (unpaired) electrons. The van der Waals surface area contributed by atoms with Gasteiger partial charge in [0.25, 0.3) is 11.6 Å². The fourth-order valence-electron chi connectivity index (χ4n) is 4.00. The van der Waals surface area contributed by atoms with Gasteiger partial charge in [0.15, 0.2) is 18.0 Å². The lowest BCUT2D eigenvalue weighted by Crippen LogP contribution is -3.11. The van der Waals surface area contributed by atoms with Gasteiger partial charge in [0, 0.05) is 42.6 Å². The predicted octanol–water partition coefficient (Wildman–Crippen LogP) is 2.11. The summed E-state index contributed by atoms with van der Waals surface area (Å²) in [6, 6.07) is 12.2. The van der Waals surface area contributed by atoms with Crippen LogP contribution in [0.2, 0.25) is 0 Å². The van der Waals surface area contributed by atoms with Gasteiger partial charge in [-0.15, -0.1) is 0 Å². The van der Waals surface area contributed by atoms with Gasteiger partial charge in [-0.2, -0.15) is 0 Å². The predicted molar refractivity (Wildman–Crippen MR) is 106 cm³/mol. The second kappa shape index (κ2) is 8.48. The summed E-state index contributed by atoms with van der Waals surface area (Å²) in [6.07, 6.45) is 2.94. The normalized spacial score (nSPS) is 20.7. The van der Waals surface area contributed by atoms with Crippen LogP contribution < -0.4 is 19.7 Å². The number of carbonyl (C=O) groups excluding carboxylic acids is 1. The van der Waals surface area contributed by atoms with Crippen molar-refractivity contribution in [1.29, 1.82) is 0 Å². The maximum absolute atomic E-state index is 12.5. The molecule has 0 aliphatic carbocycles. The standard InChI is InChI=1S/C21H23N3O5/c25-21(22-16-5-7-17(8-6-16)24(26)27)14-23-10-1-3-18(23)15-4-9-19-20(13-15)29-12-2-11-28-19/h4-9,13,18H,1-3,10-12,14H2,(H,22,25)/p+1/t18-/m1/s1. The third kappa shape index (κ3) is 4.48. The zero-order valence-electron chi connectivity index (χ0n) is 16.1. The summed E-state index contributed by atoms with van der Waals surface area (Å²) in [6.45, 7) is 2.58. The number of fused-ring (bicyclic) bond motifs is 1. The Hall–Kier alpha value is -3.13. The summed E-state index contributed by atoms with van der Waals surface area (Å²) in [5.41, 5.74) is 1.72. The van der Waals surface area contributed by atoms with Crippen LogP contribution >= 0.6 is 0 Å². The van der Waals surface area contributed by atoms with E-state index in [2.05, 4.69) is 11.4 Å². The number of carbonyl (C=O) groups is 1. The Bertz CT molecular complexity index is 900. The van der Waals surface area contributed by atoms with Crippen LogP contribution in [0, 0.1) is 10.1 Å². The Balaban J connectivity index is 1.41. The van der Waals surface area contributed by atoms with E-state index in [1.54, 1.807) is 12.1 Å². The van der Waals surface area contributed by atoms with Crippen LogP contribution in [0.5, 0.6) is 11.5 Å². The van der Waals surface area contributed by atoms with E-state index in [4.69, 9.17) is 9.47 Å². The number of nitrogens with one attached hydrogen (secondary N) is 2. The zero-order chi connectivity index (χ0) is 20.2. The summed E-state index contributed by atoms with van der Waals surface area (Å²) >= 11 is 0. The van der Waals surface area contributed by atoms with Crippen molar-refractivity contribution < 1.29 is 24.1 Å². The number of rotatable bonds is 5. The van der Waals surface area contributed by atoms with E-state index < -0.39 is 4.92 Å². The SMILES string of the molecule is O=C(C[NH+]1CCC[C@@H]1c1ccc2c(c1)OCCCO2)Nc1ccc([N+](=O)[O-])cc1. The quantitative estimate of drug-likeness (QED) is 0.594. The molecule has 0 bridgehead atoms. The highest BCUT2D eigenvalue weighted by Crippen LogP contribution is 2.33. The number of ether oxygens (including phenoxy) is 2. The molecule has 8 heteroatoms. The maximum Gasteiger partial charge on any atom is 0.279 e. The van der Waals surface area contributed by atoms with Crippen LogP contribution in [0.25, 0.3) is 0 Å². The number of hydrogen-bond acceptors (Lipinski definition) is 5. The summed E-state index contributed by atoms with van der Waals surface area (Å²) in [7, 11) is 0. The third-order valence-corrected chi connectivity index (χ3v) is 5.41. The molecule has 1 amide bonds. The molecule has 1 unspecified atom stereocenters. The number of non-ortho nitro benzene ring substituents is 1. The molecule has 2 aromatic carbocycles. The summed E-state index contributed by atoms with van der Waals surface area (Å²) < 4.78 is 11.5. The van der Waals surface area contributed by atoms with E-state index in [1.165, 1.54) is 17.0 Å². The monoisotopic (exact) mass is 398 g/mol. The highest BCUT2D eigenvalue weighted by atomic mass is 16.6. The van der Waals surface area contributed by atoms with Crippen molar-refractivity contribution >= 4 is 17.3 Å². The molecule has 2 atom stereocenters. The summed E-state index contributed by atoms with van der Waals surface area (Å²) in [5, 5.41) is 13.6. The van der Waals surface area contributed by atoms with Crippen molar-refractivity contribution in [2.45, 2.75) is 25.3 Å². The highest BCUT2D eigenvalue weighted by molar-refractivity contribution is 5.91. The molecule has 2 aliphatic rings. The average Bonchev–Trinajstić information content (AvgIpc) is 3.03. The van der Waals surface area contributed by atoms with E-state index in [9.17, 15) is 14.9 Å². The molecular formula is C21H24N3O5+. The molecule has 2 aromatic rings. The number of benzene rings is 2. The molecule has 1 fully saturated rings. The fraction of sp³-hybridized carbons (Fsp3) is 0.381. The number of quaternary nitrogens is 1. The molecule has 0 saturated carbocycles. The van der Waals surface area contributed by atoms with Crippen molar-refractivity contribution in [3.63, 3.8) is 0 Å². The van der Waals surface area contributed by atoms with Crippen molar-refractivity contribution in [3.05, 3.63) is 58.1 Å². The van der Waals surface area contributed by atoms with E-state index in [-0.39, 0.29) is 17.6 Å². The molecule has 0 spiro atoms. The number of nitro groups is 1. The third-order valence-electron chi connectivity index (χ3n) is 5.41. The molecule has 4 rings (SSSR count). The van der Waals surface area contributed by atoms with Gasteiger partial charge in [-0.05, 0) is 30.3 Å². The van der Waals surface area contributed by atoms with E-state index >= 15 is 0 Å². The molecule has 2 aliphatic heterocycles. The van der Waals surface area contributed by atoms with Gasteiger partial charge >= 0.3 is 0 Å².